The van der Waals surface area contributed by atoms with E-state index in [2.05, 4.69) is 22.6 Å². The first-order valence-corrected chi connectivity index (χ1v) is 12.0. The van der Waals surface area contributed by atoms with E-state index in [-0.39, 0.29) is 17.2 Å². The predicted octanol–water partition coefficient (Wildman–Crippen LogP) is 5.16. The van der Waals surface area contributed by atoms with Crippen molar-refractivity contribution in [2.24, 2.45) is 0 Å². The highest BCUT2D eigenvalue weighted by molar-refractivity contribution is 14.1. The van der Waals surface area contributed by atoms with Crippen LogP contribution >= 0.6 is 34.4 Å². The number of non-ortho nitro benzene ring substituents is 1. The normalized spacial score (nSPS) is 15.1. The quantitative estimate of drug-likeness (QED) is 0.142. The van der Waals surface area contributed by atoms with Crippen molar-refractivity contribution in [2.75, 3.05) is 6.54 Å². The third-order valence-corrected chi connectivity index (χ3v) is 6.10. The molecule has 0 saturated carbocycles. The Bertz CT molecular complexity index is 1190. The van der Waals surface area contributed by atoms with Gasteiger partial charge in [-0.2, -0.15) is 0 Å². The summed E-state index contributed by atoms with van der Waals surface area (Å²) in [5.74, 6) is -0.639. The molecule has 1 aliphatic heterocycles. The number of ether oxygens (including phenoxy) is 2. The minimum atomic E-state index is -0.718. The van der Waals surface area contributed by atoms with Gasteiger partial charge in [0.25, 0.3) is 16.8 Å². The molecule has 11 heteroatoms. The molecule has 1 saturated heterocycles. The molecular formula is C23H21IN2O7S. The van der Waals surface area contributed by atoms with Gasteiger partial charge in [0.15, 0.2) is 0 Å². The van der Waals surface area contributed by atoms with Crippen LogP contribution in [0.1, 0.15) is 31.9 Å². The molecule has 0 aromatic heterocycles. The van der Waals surface area contributed by atoms with Crippen LogP contribution < -0.4 is 4.74 Å². The summed E-state index contributed by atoms with van der Waals surface area (Å²) in [5.41, 5.74) is 0.610. The predicted molar refractivity (Wildman–Crippen MR) is 135 cm³/mol. The lowest BCUT2D eigenvalue weighted by Crippen LogP contribution is -2.37. The first-order valence-electron chi connectivity index (χ1n) is 10.1. The van der Waals surface area contributed by atoms with Crippen LogP contribution in [-0.4, -0.2) is 39.1 Å². The molecule has 0 bridgehead atoms. The Hall–Kier alpha value is -2.93. The molecule has 1 heterocycles. The van der Waals surface area contributed by atoms with E-state index >= 15 is 0 Å². The van der Waals surface area contributed by atoms with Crippen LogP contribution in [0.25, 0.3) is 6.08 Å². The summed E-state index contributed by atoms with van der Waals surface area (Å²) in [4.78, 5) is 48.4. The molecule has 2 aromatic rings. The molecule has 1 aliphatic rings. The summed E-state index contributed by atoms with van der Waals surface area (Å²) in [7, 11) is 0. The van der Waals surface area contributed by atoms with Gasteiger partial charge in [0.1, 0.15) is 24.5 Å². The summed E-state index contributed by atoms with van der Waals surface area (Å²) in [6.45, 7) is 4.83. The van der Waals surface area contributed by atoms with E-state index in [1.807, 2.05) is 0 Å². The highest BCUT2D eigenvalue weighted by Crippen LogP contribution is 2.33. The number of hydrogen-bond donors (Lipinski definition) is 0. The lowest BCUT2D eigenvalue weighted by molar-refractivity contribution is -0.384. The van der Waals surface area contributed by atoms with Crippen molar-refractivity contribution in [3.8, 4) is 5.75 Å². The van der Waals surface area contributed by atoms with Gasteiger partial charge in [0.2, 0.25) is 0 Å². The van der Waals surface area contributed by atoms with E-state index in [1.165, 1.54) is 12.1 Å². The number of nitro groups is 1. The van der Waals surface area contributed by atoms with Gasteiger partial charge < -0.3 is 9.47 Å². The molecule has 0 radical (unpaired) electrons. The SMILES string of the molecule is CC(C)(C)OC(=O)CN1C(=O)SC(=Cc2ccc(OCc3cccc([N+](=O)[O-])c3)c(I)c2)C1=O. The zero-order valence-electron chi connectivity index (χ0n) is 18.6. The standard InChI is InChI=1S/C23H21IN2O7S/c1-23(2,3)33-20(27)12-25-21(28)19(34-22(25)29)11-14-7-8-18(17(24)10-14)32-13-15-5-4-6-16(9-15)26(30)31/h4-11H,12-13H2,1-3H3. The van der Waals surface area contributed by atoms with E-state index in [0.717, 1.165) is 20.2 Å². The van der Waals surface area contributed by atoms with Crippen molar-refractivity contribution in [3.05, 3.63) is 72.2 Å². The first kappa shape index (κ1) is 25.7. The van der Waals surface area contributed by atoms with Crippen LogP contribution in [0.4, 0.5) is 10.5 Å². The van der Waals surface area contributed by atoms with Gasteiger partial charge in [-0.25, -0.2) is 0 Å². The minimum Gasteiger partial charge on any atom is -0.488 e. The molecule has 178 valence electrons. The molecule has 0 aliphatic carbocycles. The van der Waals surface area contributed by atoms with Crippen LogP contribution in [0.2, 0.25) is 0 Å². The second kappa shape index (κ2) is 10.6. The van der Waals surface area contributed by atoms with Gasteiger partial charge in [0, 0.05) is 12.1 Å². The topological polar surface area (TPSA) is 116 Å². The largest absolute Gasteiger partial charge is 0.488 e. The number of halogens is 1. The van der Waals surface area contributed by atoms with E-state index in [9.17, 15) is 24.5 Å². The van der Waals surface area contributed by atoms with E-state index in [0.29, 0.717) is 16.9 Å². The molecule has 0 unspecified atom stereocenters. The number of hydrogen-bond acceptors (Lipinski definition) is 8. The molecule has 9 nitrogen and oxygen atoms in total. The smallest absolute Gasteiger partial charge is 0.326 e. The van der Waals surface area contributed by atoms with Gasteiger partial charge in [-0.1, -0.05) is 18.2 Å². The fraction of sp³-hybridized carbons (Fsp3) is 0.261. The van der Waals surface area contributed by atoms with Crippen molar-refractivity contribution in [1.29, 1.82) is 0 Å². The fourth-order valence-corrected chi connectivity index (χ4v) is 4.47. The molecule has 0 atom stereocenters. The Labute approximate surface area is 213 Å². The Morgan fingerprint density at radius 1 is 1.21 bits per heavy atom. The number of nitro benzene ring substituents is 1. The lowest BCUT2D eigenvalue weighted by Gasteiger charge is -2.21. The first-order chi connectivity index (χ1) is 15.9. The summed E-state index contributed by atoms with van der Waals surface area (Å²) in [6.07, 6.45) is 1.58. The highest BCUT2D eigenvalue weighted by Gasteiger charge is 2.37. The lowest BCUT2D eigenvalue weighted by atomic mass is 10.2. The molecule has 0 N–H and O–H groups in total. The average molecular weight is 596 g/mol. The summed E-state index contributed by atoms with van der Waals surface area (Å²) < 4.78 is 11.7. The number of carbonyl (C=O) groups excluding carboxylic acids is 3. The molecule has 1 fully saturated rings. The van der Waals surface area contributed by atoms with Crippen LogP contribution in [0.15, 0.2) is 47.4 Å². The van der Waals surface area contributed by atoms with Crippen molar-refractivity contribution >= 4 is 63.2 Å². The number of benzene rings is 2. The number of amides is 2. The number of thioether (sulfide) groups is 1. The molecule has 2 amide bonds. The van der Waals surface area contributed by atoms with Gasteiger partial charge >= 0.3 is 5.97 Å². The number of imide groups is 1. The maximum Gasteiger partial charge on any atom is 0.326 e. The number of nitrogens with zero attached hydrogens (tertiary/aromatic N) is 2. The molecular weight excluding hydrogens is 575 g/mol. The third kappa shape index (κ3) is 6.79. The Morgan fingerprint density at radius 3 is 2.59 bits per heavy atom. The summed E-state index contributed by atoms with van der Waals surface area (Å²) >= 11 is 2.84. The molecule has 34 heavy (non-hydrogen) atoms. The second-order valence-corrected chi connectivity index (χ2v) is 10.4. The Balaban J connectivity index is 1.67. The summed E-state index contributed by atoms with van der Waals surface area (Å²) in [6, 6.07) is 11.4. The van der Waals surface area contributed by atoms with Gasteiger partial charge in [-0.05, 0) is 84.5 Å². The Kier molecular flexibility index (Phi) is 7.97. The van der Waals surface area contributed by atoms with Crippen molar-refractivity contribution in [1.82, 2.24) is 4.90 Å². The molecule has 0 spiro atoms. The Morgan fingerprint density at radius 2 is 1.94 bits per heavy atom. The van der Waals surface area contributed by atoms with Crippen LogP contribution in [0, 0.1) is 13.7 Å². The maximum atomic E-state index is 12.6. The molecule has 3 rings (SSSR count). The third-order valence-electron chi connectivity index (χ3n) is 4.35. The monoisotopic (exact) mass is 596 g/mol. The number of rotatable bonds is 7. The van der Waals surface area contributed by atoms with Gasteiger partial charge in [-0.15, -0.1) is 0 Å². The number of esters is 1. The van der Waals surface area contributed by atoms with Crippen LogP contribution in [-0.2, 0) is 20.9 Å². The second-order valence-electron chi connectivity index (χ2n) is 8.26. The van der Waals surface area contributed by atoms with E-state index in [4.69, 9.17) is 9.47 Å². The van der Waals surface area contributed by atoms with E-state index < -0.39 is 34.2 Å². The maximum absolute atomic E-state index is 12.6. The van der Waals surface area contributed by atoms with Crippen molar-refractivity contribution in [3.63, 3.8) is 0 Å². The van der Waals surface area contributed by atoms with Gasteiger partial charge in [0.05, 0.1) is 13.4 Å². The summed E-state index contributed by atoms with van der Waals surface area (Å²) in [5, 5.41) is 10.4. The van der Waals surface area contributed by atoms with Gasteiger partial charge in [-0.3, -0.25) is 29.4 Å². The van der Waals surface area contributed by atoms with E-state index in [1.54, 1.807) is 57.2 Å². The highest BCUT2D eigenvalue weighted by atomic mass is 127. The van der Waals surface area contributed by atoms with Crippen molar-refractivity contribution in [2.45, 2.75) is 33.0 Å². The van der Waals surface area contributed by atoms with Crippen LogP contribution in [0.5, 0.6) is 5.75 Å². The zero-order chi connectivity index (χ0) is 25.0. The number of carbonyl (C=O) groups is 3. The van der Waals surface area contributed by atoms with Crippen molar-refractivity contribution < 1.29 is 28.8 Å². The zero-order valence-corrected chi connectivity index (χ0v) is 21.5. The average Bonchev–Trinajstić information content (AvgIpc) is 2.99. The minimum absolute atomic E-state index is 0.00763. The fourth-order valence-electron chi connectivity index (χ4n) is 2.94. The molecule has 2 aromatic carbocycles. The van der Waals surface area contributed by atoms with Crippen LogP contribution in [0.3, 0.4) is 0 Å².